The number of fused-ring (bicyclic) bond motifs is 1. The number of nitrogen functional groups attached to an aromatic ring is 1. The summed E-state index contributed by atoms with van der Waals surface area (Å²) in [5.74, 6) is 0.0824. The van der Waals surface area contributed by atoms with E-state index in [0.717, 1.165) is 61.8 Å². The number of phenolic OH excluding ortho intramolecular Hbond substituents is 1. The van der Waals surface area contributed by atoms with E-state index in [1.54, 1.807) is 6.07 Å². The van der Waals surface area contributed by atoms with E-state index in [2.05, 4.69) is 36.0 Å². The lowest BCUT2D eigenvalue weighted by molar-refractivity contribution is 0.482. The Morgan fingerprint density at radius 2 is 1.17 bits per heavy atom. The summed E-state index contributed by atoms with van der Waals surface area (Å²) in [4.78, 5) is 0. The topological polar surface area (TPSA) is 132 Å². The Morgan fingerprint density at radius 3 is 1.89 bits per heavy atom. The molecule has 0 heterocycles. The van der Waals surface area contributed by atoms with Crippen molar-refractivity contribution in [2.45, 2.75) is 27.3 Å². The number of azo groups is 3. The van der Waals surface area contributed by atoms with Crippen LogP contribution < -0.4 is 11.1 Å². The molecule has 0 unspecified atom stereocenters. The summed E-state index contributed by atoms with van der Waals surface area (Å²) < 4.78 is 0. The molecule has 6 rings (SSSR count). The van der Waals surface area contributed by atoms with E-state index >= 15 is 0 Å². The molecule has 4 N–H and O–H groups in total. The van der Waals surface area contributed by atoms with Crippen LogP contribution in [0.2, 0.25) is 0 Å². The first-order valence-corrected chi connectivity index (χ1v) is 15.2. The molecule has 0 aliphatic rings. The van der Waals surface area contributed by atoms with Gasteiger partial charge in [0.15, 0.2) is 5.75 Å². The maximum Gasteiger partial charge on any atom is 0.150 e. The number of aromatic hydroxyl groups is 1. The van der Waals surface area contributed by atoms with Gasteiger partial charge in [0.1, 0.15) is 5.69 Å². The number of benzene rings is 6. The molecular weight excluding hydrogens is 584 g/mol. The van der Waals surface area contributed by atoms with Crippen molar-refractivity contribution in [1.29, 1.82) is 0 Å². The fourth-order valence-electron chi connectivity index (χ4n) is 4.97. The van der Waals surface area contributed by atoms with E-state index in [0.29, 0.717) is 23.3 Å². The third-order valence-corrected chi connectivity index (χ3v) is 7.71. The number of nitrogens with zero attached hydrogens (tertiary/aromatic N) is 6. The van der Waals surface area contributed by atoms with Gasteiger partial charge in [-0.05, 0) is 127 Å². The Balaban J connectivity index is 1.13. The minimum absolute atomic E-state index is 0.0824. The molecule has 0 fully saturated rings. The van der Waals surface area contributed by atoms with Crippen LogP contribution in [0.1, 0.15) is 22.3 Å². The van der Waals surface area contributed by atoms with Crippen LogP contribution in [0, 0.1) is 20.8 Å². The van der Waals surface area contributed by atoms with E-state index in [9.17, 15) is 5.11 Å². The predicted octanol–water partition coefficient (Wildman–Crippen LogP) is 11.9. The van der Waals surface area contributed by atoms with E-state index < -0.39 is 0 Å². The van der Waals surface area contributed by atoms with Crippen LogP contribution in [0.4, 0.5) is 45.5 Å². The van der Waals surface area contributed by atoms with E-state index in [1.807, 2.05) is 130 Å². The minimum Gasteiger partial charge on any atom is -0.505 e. The zero-order valence-corrected chi connectivity index (χ0v) is 26.4. The first kappa shape index (κ1) is 30.8. The monoisotopic (exact) mass is 618 g/mol. The number of hydrogen-bond donors (Lipinski definition) is 3. The van der Waals surface area contributed by atoms with Gasteiger partial charge in [-0.25, -0.2) is 0 Å². The SMILES string of the molecule is Cc1cc(N=Nc2cc(C)c(N=Nc3ccc4cc(NCc5ccc(N)cc5)ccc4c3O)cc2C)ccc1N=Nc1ccccc1. The molecule has 0 amide bonds. The molecule has 6 aromatic carbocycles. The molecule has 0 aromatic heterocycles. The normalized spacial score (nSPS) is 11.7. The number of anilines is 2. The molecule has 0 aliphatic carbocycles. The fourth-order valence-corrected chi connectivity index (χ4v) is 4.97. The van der Waals surface area contributed by atoms with Crippen molar-refractivity contribution in [2.75, 3.05) is 11.1 Å². The van der Waals surface area contributed by atoms with Gasteiger partial charge in [0.2, 0.25) is 0 Å². The van der Waals surface area contributed by atoms with Crippen LogP contribution in [-0.2, 0) is 6.54 Å². The third-order valence-electron chi connectivity index (χ3n) is 7.71. The first-order valence-electron chi connectivity index (χ1n) is 15.2. The van der Waals surface area contributed by atoms with Crippen molar-refractivity contribution in [3.63, 3.8) is 0 Å². The molecule has 0 radical (unpaired) electrons. The summed E-state index contributed by atoms with van der Waals surface area (Å²) >= 11 is 0. The maximum absolute atomic E-state index is 11.0. The number of hydrogen-bond acceptors (Lipinski definition) is 9. The molecule has 0 atom stereocenters. The summed E-state index contributed by atoms with van der Waals surface area (Å²) in [6.07, 6.45) is 0. The molecule has 0 saturated carbocycles. The maximum atomic E-state index is 11.0. The largest absolute Gasteiger partial charge is 0.505 e. The van der Waals surface area contributed by atoms with Crippen molar-refractivity contribution in [3.8, 4) is 5.75 Å². The number of aryl methyl sites for hydroxylation is 3. The fraction of sp³-hybridized carbons (Fsp3) is 0.105. The summed E-state index contributed by atoms with van der Waals surface area (Å²) in [5.41, 5.74) is 15.5. The molecule has 0 bridgehead atoms. The second-order valence-corrected chi connectivity index (χ2v) is 11.3. The highest BCUT2D eigenvalue weighted by atomic mass is 16.3. The van der Waals surface area contributed by atoms with Crippen LogP contribution >= 0.6 is 0 Å². The predicted molar refractivity (Wildman–Crippen MR) is 190 cm³/mol. The molecular formula is C38H34N8O. The summed E-state index contributed by atoms with van der Waals surface area (Å²) in [5, 5.41) is 42.5. The van der Waals surface area contributed by atoms with Crippen molar-refractivity contribution in [3.05, 3.63) is 138 Å². The summed E-state index contributed by atoms with van der Waals surface area (Å²) in [6.45, 7) is 6.54. The molecule has 6 aromatic rings. The smallest absolute Gasteiger partial charge is 0.150 e. The lowest BCUT2D eigenvalue weighted by Crippen LogP contribution is -1.99. The van der Waals surface area contributed by atoms with Crippen molar-refractivity contribution >= 4 is 56.3 Å². The second-order valence-electron chi connectivity index (χ2n) is 11.3. The van der Waals surface area contributed by atoms with E-state index in [4.69, 9.17) is 5.73 Å². The number of nitrogens with two attached hydrogens (primary N) is 1. The van der Waals surface area contributed by atoms with Gasteiger partial charge in [0.25, 0.3) is 0 Å². The zero-order chi connectivity index (χ0) is 32.8. The minimum atomic E-state index is 0.0824. The van der Waals surface area contributed by atoms with Gasteiger partial charge in [0, 0.05) is 23.3 Å². The number of nitrogens with one attached hydrogen (secondary N) is 1. The van der Waals surface area contributed by atoms with Crippen LogP contribution in [0.15, 0.2) is 146 Å². The van der Waals surface area contributed by atoms with Crippen molar-refractivity contribution in [2.24, 2.45) is 30.7 Å². The lowest BCUT2D eigenvalue weighted by atomic mass is 10.1. The van der Waals surface area contributed by atoms with Crippen LogP contribution in [0.3, 0.4) is 0 Å². The molecule has 0 spiro atoms. The van der Waals surface area contributed by atoms with Crippen molar-refractivity contribution < 1.29 is 5.11 Å². The Morgan fingerprint density at radius 1 is 0.553 bits per heavy atom. The van der Waals surface area contributed by atoms with E-state index in [1.165, 1.54) is 0 Å². The molecule has 0 saturated heterocycles. The Kier molecular flexibility index (Phi) is 9.06. The van der Waals surface area contributed by atoms with Gasteiger partial charge in [-0.2, -0.15) is 25.6 Å². The molecule has 9 nitrogen and oxygen atoms in total. The first-order chi connectivity index (χ1) is 22.8. The second kappa shape index (κ2) is 13.8. The van der Waals surface area contributed by atoms with Crippen LogP contribution in [-0.4, -0.2) is 5.11 Å². The quantitative estimate of drug-likeness (QED) is 0.110. The molecule has 232 valence electrons. The highest BCUT2D eigenvalue weighted by molar-refractivity contribution is 5.94. The highest BCUT2D eigenvalue weighted by Crippen LogP contribution is 2.38. The van der Waals surface area contributed by atoms with Gasteiger partial charge < -0.3 is 16.2 Å². The lowest BCUT2D eigenvalue weighted by Gasteiger charge is -2.10. The number of phenols is 1. The van der Waals surface area contributed by atoms with Crippen LogP contribution in [0.25, 0.3) is 10.8 Å². The Bertz CT molecular complexity index is 2140. The van der Waals surface area contributed by atoms with Gasteiger partial charge in [-0.15, -0.1) is 5.11 Å². The average molecular weight is 619 g/mol. The van der Waals surface area contributed by atoms with Gasteiger partial charge >= 0.3 is 0 Å². The Hall–Kier alpha value is -6.22. The van der Waals surface area contributed by atoms with Gasteiger partial charge in [-0.1, -0.05) is 36.4 Å². The zero-order valence-electron chi connectivity index (χ0n) is 26.4. The average Bonchev–Trinajstić information content (AvgIpc) is 3.08. The summed E-state index contributed by atoms with van der Waals surface area (Å²) in [6, 6.07) is 36.5. The molecule has 47 heavy (non-hydrogen) atoms. The number of rotatable bonds is 9. The van der Waals surface area contributed by atoms with Crippen LogP contribution in [0.5, 0.6) is 5.75 Å². The van der Waals surface area contributed by atoms with Gasteiger partial charge in [0.05, 0.1) is 28.4 Å². The van der Waals surface area contributed by atoms with Gasteiger partial charge in [-0.3, -0.25) is 0 Å². The highest BCUT2D eigenvalue weighted by Gasteiger charge is 2.09. The van der Waals surface area contributed by atoms with Crippen molar-refractivity contribution in [1.82, 2.24) is 0 Å². The molecule has 0 aliphatic heterocycles. The Labute approximate surface area is 273 Å². The molecule has 9 heteroatoms. The third kappa shape index (κ3) is 7.54. The standard InChI is InChI=1S/C38H34N8O/c1-24-19-32(15-18-34(24)43-41-30-7-5-4-6-8-30)42-45-36-20-26(3)37(21-25(36)2)46-44-35-17-11-28-22-31(14-16-33(28)38(35)47)40-23-27-9-12-29(39)13-10-27/h4-22,40,47H,23,39H2,1-3H3. The summed E-state index contributed by atoms with van der Waals surface area (Å²) in [7, 11) is 0. The van der Waals surface area contributed by atoms with E-state index in [-0.39, 0.29) is 5.75 Å².